The molecule has 1 aromatic rings. The van der Waals surface area contributed by atoms with E-state index in [0.29, 0.717) is 12.2 Å². The lowest BCUT2D eigenvalue weighted by molar-refractivity contribution is -0.149. The largest absolute Gasteiger partial charge is 0.462 e. The van der Waals surface area contributed by atoms with E-state index in [9.17, 15) is 9.59 Å². The second-order valence-electron chi connectivity index (χ2n) is 5.26. The van der Waals surface area contributed by atoms with Crippen LogP contribution in [-0.2, 0) is 16.0 Å². The Morgan fingerprint density at radius 3 is 2.27 bits per heavy atom. The van der Waals surface area contributed by atoms with Crippen LogP contribution in [0.15, 0.2) is 24.3 Å². The summed E-state index contributed by atoms with van der Waals surface area (Å²) >= 11 is 5.61. The molecule has 0 bridgehead atoms. The Bertz CT molecular complexity index is 503. The summed E-state index contributed by atoms with van der Waals surface area (Å²) in [6, 6.07) is 6.22. The first-order valence-corrected chi connectivity index (χ1v) is 7.26. The van der Waals surface area contributed by atoms with E-state index in [1.54, 1.807) is 52.2 Å². The summed E-state index contributed by atoms with van der Waals surface area (Å²) in [7, 11) is 3.21. The van der Waals surface area contributed by atoms with E-state index in [1.807, 2.05) is 0 Å². The molecule has 0 aliphatic heterocycles. The highest BCUT2D eigenvalue weighted by Gasteiger charge is 2.20. The summed E-state index contributed by atoms with van der Waals surface area (Å²) in [5.74, 6) is 0.0238. The maximum atomic E-state index is 11.8. The number of amides is 1. The molecule has 22 heavy (non-hydrogen) atoms. The molecule has 1 aromatic carbocycles. The quantitative estimate of drug-likeness (QED) is 0.641. The average molecular weight is 329 g/mol. The molecule has 0 fully saturated rings. The van der Waals surface area contributed by atoms with E-state index >= 15 is 0 Å². The molecule has 7 heteroatoms. The van der Waals surface area contributed by atoms with E-state index in [2.05, 4.69) is 4.84 Å². The van der Waals surface area contributed by atoms with Crippen LogP contribution in [0.2, 0.25) is 0 Å². The second kappa shape index (κ2) is 8.60. The number of hydrogen-bond acceptors (Lipinski definition) is 5. The normalized spacial score (nSPS) is 11.9. The molecule has 0 aliphatic rings. The molecule has 6 nitrogen and oxygen atoms in total. The third-order valence-electron chi connectivity index (χ3n) is 2.70. The molecule has 0 heterocycles. The molecule has 0 spiro atoms. The van der Waals surface area contributed by atoms with Gasteiger partial charge in [0, 0.05) is 14.1 Å². The van der Waals surface area contributed by atoms with E-state index in [4.69, 9.17) is 21.3 Å². The smallest absolute Gasteiger partial charge is 0.414 e. The van der Waals surface area contributed by atoms with Gasteiger partial charge in [0.25, 0.3) is 0 Å². The van der Waals surface area contributed by atoms with E-state index in [0.717, 1.165) is 5.56 Å². The van der Waals surface area contributed by atoms with E-state index < -0.39 is 18.1 Å². The van der Waals surface area contributed by atoms with Crippen LogP contribution >= 0.6 is 11.8 Å². The van der Waals surface area contributed by atoms with Crippen LogP contribution in [0.1, 0.15) is 19.4 Å². The van der Waals surface area contributed by atoms with Gasteiger partial charge in [0.1, 0.15) is 11.8 Å². The lowest BCUT2D eigenvalue weighted by Crippen LogP contribution is -2.36. The Labute approximate surface area is 135 Å². The zero-order valence-electron chi connectivity index (χ0n) is 13.1. The number of carbonyl (C=O) groups excluding carboxylic acids is 2. The van der Waals surface area contributed by atoms with E-state index in [-0.39, 0.29) is 6.10 Å². The van der Waals surface area contributed by atoms with Crippen molar-refractivity contribution in [3.63, 3.8) is 0 Å². The first-order valence-electron chi connectivity index (χ1n) is 6.88. The highest BCUT2D eigenvalue weighted by atomic mass is 35.5. The number of benzene rings is 1. The number of hydrogen-bond donors (Lipinski definition) is 1. The Hall–Kier alpha value is -1.79. The molecule has 0 radical (unpaired) electrons. The van der Waals surface area contributed by atoms with Gasteiger partial charge in [0.05, 0.1) is 6.10 Å². The van der Waals surface area contributed by atoms with Gasteiger partial charge < -0.3 is 14.4 Å². The van der Waals surface area contributed by atoms with Crippen LogP contribution in [0, 0.1) is 0 Å². The lowest BCUT2D eigenvalue weighted by Gasteiger charge is -2.16. The van der Waals surface area contributed by atoms with Crippen LogP contribution in [0.5, 0.6) is 5.75 Å². The standard InChI is InChI=1S/C15H21ClN2O4/c1-10(2)21-14(19)13(17-16)9-11-5-7-12(8-6-11)22-15(20)18(3)4/h5-8,10,13,17H,9H2,1-4H3/t13-/m0/s1. The molecule has 0 unspecified atom stereocenters. The molecule has 0 saturated carbocycles. The van der Waals surface area contributed by atoms with Gasteiger partial charge in [0.2, 0.25) is 0 Å². The molecule has 0 saturated heterocycles. The Morgan fingerprint density at radius 1 is 1.23 bits per heavy atom. The number of nitrogens with one attached hydrogen (secondary N) is 1. The van der Waals surface area contributed by atoms with Crippen molar-refractivity contribution in [1.82, 2.24) is 9.74 Å². The second-order valence-corrected chi connectivity index (χ2v) is 5.48. The highest BCUT2D eigenvalue weighted by Crippen LogP contribution is 2.15. The molecular weight excluding hydrogens is 308 g/mol. The number of carbonyl (C=O) groups is 2. The van der Waals surface area contributed by atoms with Gasteiger partial charge in [-0.3, -0.25) is 4.79 Å². The fourth-order valence-corrected chi connectivity index (χ4v) is 1.77. The Morgan fingerprint density at radius 2 is 1.82 bits per heavy atom. The molecular formula is C15H21ClN2O4. The summed E-state index contributed by atoms with van der Waals surface area (Å²) in [6.45, 7) is 3.55. The summed E-state index contributed by atoms with van der Waals surface area (Å²) in [5.41, 5.74) is 0.864. The molecule has 1 N–H and O–H groups in total. The first-order chi connectivity index (χ1) is 10.3. The van der Waals surface area contributed by atoms with Crippen LogP contribution < -0.4 is 9.57 Å². The average Bonchev–Trinajstić information content (AvgIpc) is 2.45. The summed E-state index contributed by atoms with van der Waals surface area (Å²) in [4.78, 5) is 27.0. The van der Waals surface area contributed by atoms with Gasteiger partial charge in [0.15, 0.2) is 0 Å². The van der Waals surface area contributed by atoms with Gasteiger partial charge in [-0.05, 0) is 49.7 Å². The van der Waals surface area contributed by atoms with Gasteiger partial charge in [-0.1, -0.05) is 12.1 Å². The van der Waals surface area contributed by atoms with E-state index in [1.165, 1.54) is 4.90 Å². The SMILES string of the molecule is CC(C)OC(=O)[C@H](Cc1ccc(OC(=O)N(C)C)cc1)NCl. The Kier molecular flexibility index (Phi) is 7.14. The molecule has 1 atom stereocenters. The highest BCUT2D eigenvalue weighted by molar-refractivity contribution is 6.14. The summed E-state index contributed by atoms with van der Waals surface area (Å²) in [6.07, 6.45) is -0.279. The van der Waals surface area contributed by atoms with Crippen molar-refractivity contribution in [3.05, 3.63) is 29.8 Å². The van der Waals surface area contributed by atoms with Crippen molar-refractivity contribution >= 4 is 23.8 Å². The molecule has 0 aromatic heterocycles. The Balaban J connectivity index is 2.66. The van der Waals surface area contributed by atoms with Gasteiger partial charge in [-0.2, -0.15) is 0 Å². The topological polar surface area (TPSA) is 67.9 Å². The fraction of sp³-hybridized carbons (Fsp3) is 0.467. The van der Waals surface area contributed by atoms with Crippen molar-refractivity contribution in [2.45, 2.75) is 32.4 Å². The minimum atomic E-state index is -0.640. The number of rotatable bonds is 6. The first kappa shape index (κ1) is 18.3. The number of nitrogens with zero attached hydrogens (tertiary/aromatic N) is 1. The third-order valence-corrected chi connectivity index (χ3v) is 2.96. The zero-order valence-corrected chi connectivity index (χ0v) is 13.9. The van der Waals surface area contributed by atoms with Crippen LogP contribution in [0.3, 0.4) is 0 Å². The summed E-state index contributed by atoms with van der Waals surface area (Å²) in [5, 5.41) is 0. The minimum absolute atomic E-state index is 0.201. The number of ether oxygens (including phenoxy) is 2. The predicted molar refractivity (Wildman–Crippen MR) is 83.9 cm³/mol. The zero-order chi connectivity index (χ0) is 16.7. The van der Waals surface area contributed by atoms with Crippen molar-refractivity contribution in [1.29, 1.82) is 0 Å². The van der Waals surface area contributed by atoms with Gasteiger partial charge in [-0.25, -0.2) is 9.63 Å². The van der Waals surface area contributed by atoms with Crippen molar-refractivity contribution in [2.24, 2.45) is 0 Å². The van der Waals surface area contributed by atoms with Gasteiger partial charge >= 0.3 is 12.1 Å². The van der Waals surface area contributed by atoms with Crippen molar-refractivity contribution in [3.8, 4) is 5.75 Å². The third kappa shape index (κ3) is 5.91. The number of esters is 1. The lowest BCUT2D eigenvalue weighted by atomic mass is 10.1. The molecule has 0 aliphatic carbocycles. The molecule has 1 amide bonds. The van der Waals surface area contributed by atoms with Crippen LogP contribution in [-0.4, -0.2) is 43.2 Å². The van der Waals surface area contributed by atoms with Crippen molar-refractivity contribution < 1.29 is 19.1 Å². The van der Waals surface area contributed by atoms with Crippen LogP contribution in [0.4, 0.5) is 4.79 Å². The molecule has 1 rings (SSSR count). The minimum Gasteiger partial charge on any atom is -0.462 e. The number of halogens is 1. The fourth-order valence-electron chi connectivity index (χ4n) is 1.60. The monoisotopic (exact) mass is 328 g/mol. The summed E-state index contributed by atoms with van der Waals surface area (Å²) < 4.78 is 10.2. The van der Waals surface area contributed by atoms with Gasteiger partial charge in [-0.15, -0.1) is 0 Å². The maximum absolute atomic E-state index is 11.8. The van der Waals surface area contributed by atoms with Crippen molar-refractivity contribution in [2.75, 3.05) is 14.1 Å². The maximum Gasteiger partial charge on any atom is 0.414 e. The predicted octanol–water partition coefficient (Wildman–Crippen LogP) is 2.35. The van der Waals surface area contributed by atoms with Crippen LogP contribution in [0.25, 0.3) is 0 Å². The molecule has 122 valence electrons.